The molecule has 0 fully saturated rings. The van der Waals surface area contributed by atoms with E-state index in [1.54, 1.807) is 24.2 Å². The zero-order valence-electron chi connectivity index (χ0n) is 13.9. The number of hydrogen-bond acceptors (Lipinski definition) is 4. The van der Waals surface area contributed by atoms with Gasteiger partial charge in [0.1, 0.15) is 17.5 Å². The fourth-order valence-electron chi connectivity index (χ4n) is 2.54. The first kappa shape index (κ1) is 16.7. The summed E-state index contributed by atoms with van der Waals surface area (Å²) >= 11 is 1.70. The summed E-state index contributed by atoms with van der Waals surface area (Å²) in [5.74, 6) is 0.995. The first-order valence-corrected chi connectivity index (χ1v) is 8.82. The lowest BCUT2D eigenvalue weighted by molar-refractivity contribution is 0.265. The van der Waals surface area contributed by atoms with E-state index in [2.05, 4.69) is 35.5 Å². The molecule has 0 bridgehead atoms. The number of rotatable bonds is 6. The number of aliphatic hydroxyl groups is 1. The van der Waals surface area contributed by atoms with Crippen LogP contribution in [0.25, 0.3) is 0 Å². The topological polar surface area (TPSA) is 50.9 Å². The number of imidazole rings is 1. The average molecular weight is 339 g/mol. The highest BCUT2D eigenvalue weighted by Gasteiger charge is 2.20. The first-order valence-electron chi connectivity index (χ1n) is 8.01. The number of nitrogens with zero attached hydrogens (tertiary/aromatic N) is 3. The van der Waals surface area contributed by atoms with Gasteiger partial charge in [-0.1, -0.05) is 43.8 Å². The van der Waals surface area contributed by atoms with Gasteiger partial charge in [0.2, 0.25) is 0 Å². The van der Waals surface area contributed by atoms with E-state index in [1.165, 1.54) is 4.90 Å². The van der Waals surface area contributed by atoms with E-state index < -0.39 is 0 Å². The zero-order chi connectivity index (χ0) is 16.9. The molecule has 24 heavy (non-hydrogen) atoms. The predicted molar refractivity (Wildman–Crippen MR) is 96.1 cm³/mol. The van der Waals surface area contributed by atoms with Crippen LogP contribution in [0, 0.1) is 0 Å². The Bertz CT molecular complexity index is 785. The number of aliphatic hydroxyl groups excluding tert-OH is 1. The molecule has 2 heterocycles. The van der Waals surface area contributed by atoms with E-state index in [9.17, 15) is 5.11 Å². The van der Waals surface area contributed by atoms with Crippen LogP contribution in [0.3, 0.4) is 0 Å². The standard InChI is InChI=1S/C19H21N3OS/c1-14(2)18-19(24-16-6-4-3-5-7-16)22(17(13-23)21-18)12-15-8-10-20-11-9-15/h3-11,14,23H,12-13H2,1-2H3. The molecular weight excluding hydrogens is 318 g/mol. The van der Waals surface area contributed by atoms with Gasteiger partial charge in [0.15, 0.2) is 0 Å². The second kappa shape index (κ2) is 7.64. The van der Waals surface area contributed by atoms with Gasteiger partial charge in [-0.2, -0.15) is 0 Å². The second-order valence-corrected chi connectivity index (χ2v) is 6.95. The number of hydrogen-bond donors (Lipinski definition) is 1. The summed E-state index contributed by atoms with van der Waals surface area (Å²) in [6.07, 6.45) is 3.58. The van der Waals surface area contributed by atoms with E-state index in [1.807, 2.05) is 30.3 Å². The number of aromatic nitrogens is 3. The summed E-state index contributed by atoms with van der Waals surface area (Å²) < 4.78 is 2.11. The molecule has 0 radical (unpaired) electrons. The smallest absolute Gasteiger partial charge is 0.136 e. The van der Waals surface area contributed by atoms with Gasteiger partial charge in [0.05, 0.1) is 12.2 Å². The van der Waals surface area contributed by atoms with Crippen molar-refractivity contribution in [2.75, 3.05) is 0 Å². The third-order valence-electron chi connectivity index (χ3n) is 3.76. The van der Waals surface area contributed by atoms with E-state index in [-0.39, 0.29) is 6.61 Å². The van der Waals surface area contributed by atoms with Gasteiger partial charge in [-0.05, 0) is 35.7 Å². The first-order chi connectivity index (χ1) is 11.7. The third-order valence-corrected chi connectivity index (χ3v) is 4.89. The van der Waals surface area contributed by atoms with Gasteiger partial charge in [-0.3, -0.25) is 4.98 Å². The minimum absolute atomic E-state index is 0.0693. The third kappa shape index (κ3) is 3.68. The van der Waals surface area contributed by atoms with E-state index in [4.69, 9.17) is 4.98 Å². The van der Waals surface area contributed by atoms with Crippen LogP contribution < -0.4 is 0 Å². The van der Waals surface area contributed by atoms with Crippen molar-refractivity contribution in [1.82, 2.24) is 14.5 Å². The van der Waals surface area contributed by atoms with Crippen LogP contribution in [0.2, 0.25) is 0 Å². The lowest BCUT2D eigenvalue weighted by Gasteiger charge is -2.13. The van der Waals surface area contributed by atoms with Crippen LogP contribution in [-0.2, 0) is 13.2 Å². The SMILES string of the molecule is CC(C)c1nc(CO)n(Cc2ccncc2)c1Sc1ccccc1. The average Bonchev–Trinajstić information content (AvgIpc) is 2.94. The minimum atomic E-state index is -0.0693. The van der Waals surface area contributed by atoms with E-state index >= 15 is 0 Å². The molecule has 0 aliphatic heterocycles. The molecule has 2 aromatic heterocycles. The van der Waals surface area contributed by atoms with Crippen molar-refractivity contribution < 1.29 is 5.11 Å². The Morgan fingerprint density at radius 2 is 1.79 bits per heavy atom. The number of pyridine rings is 1. The maximum atomic E-state index is 9.78. The molecule has 1 N–H and O–H groups in total. The molecule has 5 heteroatoms. The molecule has 3 rings (SSSR count). The van der Waals surface area contributed by atoms with Crippen molar-refractivity contribution in [2.24, 2.45) is 0 Å². The summed E-state index contributed by atoms with van der Waals surface area (Å²) in [6, 6.07) is 14.3. The molecule has 1 aromatic carbocycles. The highest BCUT2D eigenvalue weighted by Crippen LogP contribution is 2.35. The van der Waals surface area contributed by atoms with Crippen LogP contribution in [0.4, 0.5) is 0 Å². The molecule has 0 spiro atoms. The van der Waals surface area contributed by atoms with Crippen molar-refractivity contribution in [2.45, 2.75) is 42.8 Å². The Labute approximate surface area is 146 Å². The molecule has 0 saturated heterocycles. The van der Waals surface area contributed by atoms with Crippen molar-refractivity contribution in [3.8, 4) is 0 Å². The Hall–Kier alpha value is -2.11. The van der Waals surface area contributed by atoms with Gasteiger partial charge in [-0.25, -0.2) is 4.98 Å². The van der Waals surface area contributed by atoms with Crippen molar-refractivity contribution >= 4 is 11.8 Å². The van der Waals surface area contributed by atoms with Gasteiger partial charge in [-0.15, -0.1) is 0 Å². The maximum Gasteiger partial charge on any atom is 0.136 e. The Morgan fingerprint density at radius 3 is 2.42 bits per heavy atom. The van der Waals surface area contributed by atoms with Gasteiger partial charge < -0.3 is 9.67 Å². The Kier molecular flexibility index (Phi) is 5.33. The molecule has 0 aliphatic rings. The fourth-order valence-corrected chi connectivity index (χ4v) is 3.72. The highest BCUT2D eigenvalue weighted by atomic mass is 32.2. The molecule has 0 amide bonds. The van der Waals surface area contributed by atoms with E-state index in [0.717, 1.165) is 16.3 Å². The summed E-state index contributed by atoms with van der Waals surface area (Å²) in [4.78, 5) is 9.94. The molecular formula is C19H21N3OS. The van der Waals surface area contributed by atoms with Crippen LogP contribution in [0.1, 0.15) is 36.8 Å². The molecule has 0 unspecified atom stereocenters. The summed E-state index contributed by atoms with van der Waals surface area (Å²) in [7, 11) is 0. The Balaban J connectivity index is 2.04. The normalized spacial score (nSPS) is 11.2. The Morgan fingerprint density at radius 1 is 1.08 bits per heavy atom. The lowest BCUT2D eigenvalue weighted by atomic mass is 10.1. The summed E-state index contributed by atoms with van der Waals surface area (Å²) in [5.41, 5.74) is 2.17. The fraction of sp³-hybridized carbons (Fsp3) is 0.263. The quantitative estimate of drug-likeness (QED) is 0.735. The van der Waals surface area contributed by atoms with Gasteiger partial charge in [0.25, 0.3) is 0 Å². The van der Waals surface area contributed by atoms with Crippen molar-refractivity contribution in [3.05, 3.63) is 71.9 Å². The number of benzene rings is 1. The lowest BCUT2D eigenvalue weighted by Crippen LogP contribution is -2.06. The van der Waals surface area contributed by atoms with Gasteiger partial charge >= 0.3 is 0 Å². The largest absolute Gasteiger partial charge is 0.388 e. The molecule has 0 aliphatic carbocycles. The van der Waals surface area contributed by atoms with Gasteiger partial charge in [0, 0.05) is 17.3 Å². The van der Waals surface area contributed by atoms with Crippen molar-refractivity contribution in [3.63, 3.8) is 0 Å². The zero-order valence-corrected chi connectivity index (χ0v) is 14.7. The second-order valence-electron chi connectivity index (χ2n) is 5.89. The predicted octanol–water partition coefficient (Wildman–Crippen LogP) is 4.09. The molecule has 4 nitrogen and oxygen atoms in total. The van der Waals surface area contributed by atoms with Crippen molar-refractivity contribution in [1.29, 1.82) is 0 Å². The molecule has 0 saturated carbocycles. The van der Waals surface area contributed by atoms with Crippen LogP contribution in [-0.4, -0.2) is 19.6 Å². The molecule has 0 atom stereocenters. The molecule has 3 aromatic rings. The maximum absolute atomic E-state index is 9.78. The minimum Gasteiger partial charge on any atom is -0.388 e. The van der Waals surface area contributed by atoms with Crippen LogP contribution in [0.15, 0.2) is 64.8 Å². The summed E-state index contributed by atoms with van der Waals surface area (Å²) in [6.45, 7) is 4.87. The highest BCUT2D eigenvalue weighted by molar-refractivity contribution is 7.99. The van der Waals surface area contributed by atoms with E-state index in [0.29, 0.717) is 18.3 Å². The van der Waals surface area contributed by atoms with Crippen LogP contribution >= 0.6 is 11.8 Å². The molecule has 124 valence electrons. The van der Waals surface area contributed by atoms with Crippen LogP contribution in [0.5, 0.6) is 0 Å². The monoisotopic (exact) mass is 339 g/mol. The summed E-state index contributed by atoms with van der Waals surface area (Å²) in [5, 5.41) is 10.9.